The normalized spacial score (nSPS) is 13.5. The molecule has 0 spiro atoms. The maximum atomic E-state index is 12.7. The molecule has 0 aromatic heterocycles. The maximum Gasteiger partial charge on any atom is 0.295 e. The quantitative estimate of drug-likeness (QED) is 0.635. The molecular weight excluding hydrogens is 378 g/mol. The van der Waals surface area contributed by atoms with Gasteiger partial charge in [-0.05, 0) is 55.5 Å². The number of rotatable bonds is 4. The van der Waals surface area contributed by atoms with Crippen LogP contribution in [-0.2, 0) is 9.84 Å². The first kappa shape index (κ1) is 17.9. The Bertz CT molecular complexity index is 1150. The van der Waals surface area contributed by atoms with E-state index in [1.165, 1.54) is 24.3 Å². The van der Waals surface area contributed by atoms with Gasteiger partial charge < -0.3 is 4.84 Å². The SMILES string of the molecule is Cc1ccc(S(=O)(=O)c2ccc(ON3C(=O)c4ccccc4C3=O)cc2)cc1. The molecule has 1 aliphatic rings. The highest BCUT2D eigenvalue weighted by molar-refractivity contribution is 7.91. The zero-order valence-corrected chi connectivity index (χ0v) is 15.6. The van der Waals surface area contributed by atoms with Gasteiger partial charge in [0.25, 0.3) is 11.8 Å². The summed E-state index contributed by atoms with van der Waals surface area (Å²) in [6.45, 7) is 1.88. The molecule has 0 bridgehead atoms. The smallest absolute Gasteiger partial charge is 0.295 e. The van der Waals surface area contributed by atoms with Crippen molar-refractivity contribution in [3.05, 3.63) is 89.5 Å². The van der Waals surface area contributed by atoms with Gasteiger partial charge in [0, 0.05) is 0 Å². The minimum atomic E-state index is -3.67. The van der Waals surface area contributed by atoms with E-state index in [0.717, 1.165) is 5.56 Å². The van der Waals surface area contributed by atoms with Gasteiger partial charge in [-0.15, -0.1) is 0 Å². The summed E-state index contributed by atoms with van der Waals surface area (Å²) >= 11 is 0. The molecule has 0 saturated carbocycles. The Morgan fingerprint density at radius 3 is 1.68 bits per heavy atom. The summed E-state index contributed by atoms with van der Waals surface area (Å²) in [5, 5.41) is 0.675. The zero-order valence-electron chi connectivity index (χ0n) is 14.8. The minimum absolute atomic E-state index is 0.0889. The molecule has 0 fully saturated rings. The Morgan fingerprint density at radius 1 is 0.714 bits per heavy atom. The minimum Gasteiger partial charge on any atom is -0.368 e. The van der Waals surface area contributed by atoms with E-state index in [2.05, 4.69) is 0 Å². The van der Waals surface area contributed by atoms with Crippen LogP contribution in [0, 0.1) is 6.92 Å². The fourth-order valence-corrected chi connectivity index (χ4v) is 4.15. The second kappa shape index (κ2) is 6.61. The van der Waals surface area contributed by atoms with Crippen LogP contribution < -0.4 is 4.84 Å². The van der Waals surface area contributed by atoms with Crippen molar-refractivity contribution in [2.24, 2.45) is 0 Å². The van der Waals surface area contributed by atoms with Crippen LogP contribution in [0.5, 0.6) is 5.75 Å². The first-order valence-electron chi connectivity index (χ1n) is 8.45. The number of carbonyl (C=O) groups excluding carboxylic acids is 2. The number of hydroxylamine groups is 2. The molecule has 1 heterocycles. The molecule has 3 aromatic carbocycles. The van der Waals surface area contributed by atoms with E-state index >= 15 is 0 Å². The van der Waals surface area contributed by atoms with Crippen molar-refractivity contribution >= 4 is 21.7 Å². The third-order valence-electron chi connectivity index (χ3n) is 4.42. The number of nitrogens with zero attached hydrogens (tertiary/aromatic N) is 1. The van der Waals surface area contributed by atoms with Crippen molar-refractivity contribution < 1.29 is 22.8 Å². The van der Waals surface area contributed by atoms with Gasteiger partial charge in [0.1, 0.15) is 0 Å². The predicted octanol–water partition coefficient (Wildman–Crippen LogP) is 3.42. The van der Waals surface area contributed by atoms with Crippen molar-refractivity contribution in [2.75, 3.05) is 0 Å². The second-order valence-corrected chi connectivity index (χ2v) is 8.28. The lowest BCUT2D eigenvalue weighted by molar-refractivity contribution is -0.0141. The average molecular weight is 393 g/mol. The van der Waals surface area contributed by atoms with Crippen LogP contribution in [0.15, 0.2) is 82.6 Å². The molecule has 0 N–H and O–H groups in total. The molecule has 0 atom stereocenters. The molecule has 2 amide bonds. The molecule has 4 rings (SSSR count). The van der Waals surface area contributed by atoms with Crippen molar-refractivity contribution in [2.45, 2.75) is 16.7 Å². The van der Waals surface area contributed by atoms with Gasteiger partial charge in [-0.3, -0.25) is 9.59 Å². The number of benzene rings is 3. The lowest BCUT2D eigenvalue weighted by Crippen LogP contribution is -2.33. The number of amides is 2. The highest BCUT2D eigenvalue weighted by Crippen LogP contribution is 2.27. The zero-order chi connectivity index (χ0) is 19.9. The fourth-order valence-electron chi connectivity index (χ4n) is 2.89. The third kappa shape index (κ3) is 2.95. The molecule has 0 unspecified atom stereocenters. The summed E-state index contributed by atoms with van der Waals surface area (Å²) < 4.78 is 25.4. The third-order valence-corrected chi connectivity index (χ3v) is 6.20. The summed E-state index contributed by atoms with van der Waals surface area (Å²) in [6.07, 6.45) is 0. The molecular formula is C21H15NO5S. The Labute approximate surface area is 161 Å². The molecule has 0 radical (unpaired) electrons. The number of hydrogen-bond acceptors (Lipinski definition) is 5. The molecule has 0 aliphatic carbocycles. The van der Waals surface area contributed by atoms with Crippen molar-refractivity contribution in [1.29, 1.82) is 0 Å². The van der Waals surface area contributed by atoms with E-state index in [0.29, 0.717) is 5.06 Å². The highest BCUT2D eigenvalue weighted by Gasteiger charge is 2.37. The highest BCUT2D eigenvalue weighted by atomic mass is 32.2. The average Bonchev–Trinajstić information content (AvgIpc) is 2.94. The molecule has 28 heavy (non-hydrogen) atoms. The summed E-state index contributed by atoms with van der Waals surface area (Å²) in [7, 11) is -3.67. The monoisotopic (exact) mass is 393 g/mol. The molecule has 7 heteroatoms. The van der Waals surface area contributed by atoms with E-state index in [4.69, 9.17) is 4.84 Å². The van der Waals surface area contributed by atoms with Gasteiger partial charge in [0.15, 0.2) is 5.75 Å². The number of aryl methyl sites for hydroxylation is 1. The maximum absolute atomic E-state index is 12.7. The van der Waals surface area contributed by atoms with Crippen LogP contribution in [0.25, 0.3) is 0 Å². The molecule has 140 valence electrons. The first-order chi connectivity index (χ1) is 13.4. The molecule has 6 nitrogen and oxygen atoms in total. The van der Waals surface area contributed by atoms with Gasteiger partial charge in [0.2, 0.25) is 9.84 Å². The number of hydrogen-bond donors (Lipinski definition) is 0. The summed E-state index contributed by atoms with van der Waals surface area (Å²) in [4.78, 5) is 30.4. The molecule has 3 aromatic rings. The van der Waals surface area contributed by atoms with E-state index < -0.39 is 21.7 Å². The van der Waals surface area contributed by atoms with E-state index in [9.17, 15) is 18.0 Å². The Hall–Kier alpha value is -3.45. The first-order valence-corrected chi connectivity index (χ1v) is 9.94. The number of carbonyl (C=O) groups is 2. The number of fused-ring (bicyclic) bond motifs is 1. The molecule has 1 aliphatic heterocycles. The van der Waals surface area contributed by atoms with E-state index in [1.54, 1.807) is 48.5 Å². The standard InChI is InChI=1S/C21H15NO5S/c1-14-6-10-16(11-7-14)28(25,26)17-12-8-15(9-13-17)27-22-20(23)18-4-2-3-5-19(18)21(22)24/h2-13H,1H3. The Morgan fingerprint density at radius 2 is 1.18 bits per heavy atom. The predicted molar refractivity (Wildman–Crippen MR) is 101 cm³/mol. The van der Waals surface area contributed by atoms with Crippen LogP contribution in [0.3, 0.4) is 0 Å². The summed E-state index contributed by atoms with van der Waals surface area (Å²) in [5.74, 6) is -0.939. The van der Waals surface area contributed by atoms with Gasteiger partial charge in [-0.1, -0.05) is 34.9 Å². The van der Waals surface area contributed by atoms with Crippen molar-refractivity contribution in [1.82, 2.24) is 5.06 Å². The largest absolute Gasteiger partial charge is 0.368 e. The van der Waals surface area contributed by atoms with Crippen molar-refractivity contribution in [3.63, 3.8) is 0 Å². The Kier molecular flexibility index (Phi) is 4.24. The fraction of sp³-hybridized carbons (Fsp3) is 0.0476. The van der Waals surface area contributed by atoms with Crippen molar-refractivity contribution in [3.8, 4) is 5.75 Å². The van der Waals surface area contributed by atoms with E-state index in [-0.39, 0.29) is 26.7 Å². The summed E-state index contributed by atoms with van der Waals surface area (Å²) in [6, 6.07) is 18.6. The van der Waals surface area contributed by atoms with Crippen LogP contribution in [0.4, 0.5) is 0 Å². The van der Waals surface area contributed by atoms with E-state index in [1.807, 2.05) is 6.92 Å². The van der Waals surface area contributed by atoms with Crippen LogP contribution >= 0.6 is 0 Å². The lowest BCUT2D eigenvalue weighted by Gasteiger charge is -2.14. The topological polar surface area (TPSA) is 80.8 Å². The summed E-state index contributed by atoms with van der Waals surface area (Å²) in [5.41, 5.74) is 1.50. The number of imide groups is 1. The lowest BCUT2D eigenvalue weighted by atomic mass is 10.1. The molecule has 0 saturated heterocycles. The van der Waals surface area contributed by atoms with Gasteiger partial charge in [0.05, 0.1) is 20.9 Å². The Balaban J connectivity index is 1.57. The van der Waals surface area contributed by atoms with Gasteiger partial charge in [-0.2, -0.15) is 0 Å². The van der Waals surface area contributed by atoms with Crippen LogP contribution in [-0.4, -0.2) is 25.3 Å². The van der Waals surface area contributed by atoms with Crippen LogP contribution in [0.1, 0.15) is 26.3 Å². The van der Waals surface area contributed by atoms with Crippen LogP contribution in [0.2, 0.25) is 0 Å². The van der Waals surface area contributed by atoms with Gasteiger partial charge in [-0.25, -0.2) is 8.42 Å². The number of sulfone groups is 1. The van der Waals surface area contributed by atoms with Gasteiger partial charge >= 0.3 is 0 Å². The second-order valence-electron chi connectivity index (χ2n) is 6.33.